The Morgan fingerprint density at radius 3 is 2.60 bits per heavy atom. The first kappa shape index (κ1) is 22.3. The summed E-state index contributed by atoms with van der Waals surface area (Å²) < 4.78 is 15.4. The minimum atomic E-state index is -4.83. The van der Waals surface area contributed by atoms with Crippen LogP contribution in [-0.2, 0) is 18.7 Å². The van der Waals surface area contributed by atoms with Gasteiger partial charge in [0.25, 0.3) is 0 Å². The number of Topliss-reactive ketones (excluding diaryl/α,β-unsaturated/α-hetero) is 1. The average molecular weight is 442 g/mol. The van der Waals surface area contributed by atoms with Crippen LogP contribution in [0, 0.1) is 28.6 Å². The number of carbonyl (C=O) groups excluding carboxylic acids is 2. The van der Waals surface area contributed by atoms with Crippen LogP contribution >= 0.6 is 7.82 Å². The van der Waals surface area contributed by atoms with Gasteiger partial charge in [-0.25, -0.2) is 4.57 Å². The molecule has 8 nitrogen and oxygen atoms in total. The lowest BCUT2D eigenvalue weighted by molar-refractivity contribution is -0.182. The average Bonchev–Trinajstić information content (AvgIpc) is 2.91. The zero-order valence-corrected chi connectivity index (χ0v) is 18.3. The number of hydrogen-bond acceptors (Lipinski definition) is 6. The molecule has 168 valence electrons. The minimum Gasteiger partial charge on any atom is -0.393 e. The second-order valence-electron chi connectivity index (χ2n) is 10.2. The van der Waals surface area contributed by atoms with Crippen LogP contribution in [0.4, 0.5) is 0 Å². The van der Waals surface area contributed by atoms with Crippen LogP contribution in [0.1, 0.15) is 58.8 Å². The summed E-state index contributed by atoms with van der Waals surface area (Å²) in [6.45, 7) is 3.09. The highest BCUT2D eigenvalue weighted by atomic mass is 31.2. The first-order chi connectivity index (χ1) is 13.8. The number of phosphoric acid groups is 1. The van der Waals surface area contributed by atoms with Gasteiger partial charge in [0.1, 0.15) is 12.2 Å². The highest BCUT2D eigenvalue weighted by Crippen LogP contribution is 2.67. The number of hydrogen-bond donors (Lipinski definition) is 4. The molecule has 30 heavy (non-hydrogen) atoms. The highest BCUT2D eigenvalue weighted by Gasteiger charge is 2.68. The lowest BCUT2D eigenvalue weighted by Crippen LogP contribution is -2.62. The van der Waals surface area contributed by atoms with E-state index in [1.165, 1.54) is 0 Å². The van der Waals surface area contributed by atoms with Gasteiger partial charge in [-0.3, -0.25) is 14.1 Å². The van der Waals surface area contributed by atoms with Gasteiger partial charge in [0.2, 0.25) is 0 Å². The van der Waals surface area contributed by atoms with Gasteiger partial charge in [0.15, 0.2) is 11.6 Å². The molecule has 0 aliphatic heterocycles. The maximum Gasteiger partial charge on any atom is 0.470 e. The van der Waals surface area contributed by atoms with Crippen LogP contribution in [0.15, 0.2) is 11.6 Å². The molecule has 0 bridgehead atoms. The molecule has 0 aromatic heterocycles. The Morgan fingerprint density at radius 2 is 1.93 bits per heavy atom. The number of rotatable bonds is 4. The molecule has 3 fully saturated rings. The van der Waals surface area contributed by atoms with Crippen molar-refractivity contribution in [3.63, 3.8) is 0 Å². The molecule has 0 heterocycles. The zero-order valence-electron chi connectivity index (χ0n) is 17.4. The molecule has 0 unspecified atom stereocenters. The first-order valence-corrected chi connectivity index (χ1v) is 12.2. The highest BCUT2D eigenvalue weighted by molar-refractivity contribution is 7.46. The predicted molar refractivity (Wildman–Crippen MR) is 106 cm³/mol. The van der Waals surface area contributed by atoms with E-state index in [1.807, 2.05) is 6.92 Å². The Kier molecular flexibility index (Phi) is 5.25. The summed E-state index contributed by atoms with van der Waals surface area (Å²) in [5.74, 6) is -0.522. The third-order valence-electron chi connectivity index (χ3n) is 8.87. The lowest BCUT2D eigenvalue weighted by Gasteiger charge is -2.60. The number of phosphoric ester groups is 1. The smallest absolute Gasteiger partial charge is 0.393 e. The fourth-order valence-electron chi connectivity index (χ4n) is 7.41. The summed E-state index contributed by atoms with van der Waals surface area (Å²) in [5, 5.41) is 22.7. The van der Waals surface area contributed by atoms with Crippen LogP contribution < -0.4 is 0 Å². The lowest BCUT2D eigenvalue weighted by atomic mass is 9.45. The summed E-state index contributed by atoms with van der Waals surface area (Å²) in [6.07, 6.45) is 4.79. The predicted octanol–water partition coefficient (Wildman–Crippen LogP) is 1.90. The second kappa shape index (κ2) is 7.06. The third-order valence-corrected chi connectivity index (χ3v) is 9.34. The summed E-state index contributed by atoms with van der Waals surface area (Å²) in [5.41, 5.74) is -1.84. The second-order valence-corrected chi connectivity index (χ2v) is 11.4. The molecule has 4 N–H and O–H groups in total. The molecule has 9 heteroatoms. The topological polar surface area (TPSA) is 141 Å². The van der Waals surface area contributed by atoms with Crippen molar-refractivity contribution in [3.05, 3.63) is 11.6 Å². The van der Waals surface area contributed by atoms with Crippen LogP contribution in [0.5, 0.6) is 0 Å². The van der Waals surface area contributed by atoms with Gasteiger partial charge in [-0.05, 0) is 67.8 Å². The molecule has 7 atom stereocenters. The fourth-order valence-corrected chi connectivity index (χ4v) is 7.70. The maximum absolute atomic E-state index is 12.8. The molecule has 4 aliphatic carbocycles. The summed E-state index contributed by atoms with van der Waals surface area (Å²) >= 11 is 0. The van der Waals surface area contributed by atoms with Crippen molar-refractivity contribution >= 4 is 19.4 Å². The quantitative estimate of drug-likeness (QED) is 0.484. The van der Waals surface area contributed by atoms with Crippen molar-refractivity contribution in [1.29, 1.82) is 0 Å². The number of fused-ring (bicyclic) bond motifs is 5. The molecular formula is C21H31O8P. The Morgan fingerprint density at radius 1 is 1.23 bits per heavy atom. The van der Waals surface area contributed by atoms with Gasteiger partial charge >= 0.3 is 7.82 Å². The molecule has 0 aromatic carbocycles. The van der Waals surface area contributed by atoms with Gasteiger partial charge in [-0.15, -0.1) is 0 Å². The summed E-state index contributed by atoms with van der Waals surface area (Å²) in [6, 6.07) is 0. The van der Waals surface area contributed by atoms with E-state index in [-0.39, 0.29) is 41.8 Å². The summed E-state index contributed by atoms with van der Waals surface area (Å²) in [7, 11) is -4.83. The van der Waals surface area contributed by atoms with Crippen molar-refractivity contribution in [1.82, 2.24) is 0 Å². The largest absolute Gasteiger partial charge is 0.470 e. The Bertz CT molecular complexity index is 848. The van der Waals surface area contributed by atoms with Crippen molar-refractivity contribution < 1.29 is 38.7 Å². The maximum atomic E-state index is 12.8. The van der Waals surface area contributed by atoms with Crippen molar-refractivity contribution in [2.45, 2.75) is 70.5 Å². The number of aliphatic hydroxyl groups excluding tert-OH is 1. The number of aliphatic hydroxyl groups is 2. The fraction of sp³-hybridized carbons (Fsp3) is 0.810. The van der Waals surface area contributed by atoms with E-state index >= 15 is 0 Å². The Balaban J connectivity index is 1.64. The van der Waals surface area contributed by atoms with Crippen LogP contribution in [0.25, 0.3) is 0 Å². The zero-order chi connectivity index (χ0) is 22.1. The molecule has 3 saturated carbocycles. The molecule has 4 aliphatic rings. The van der Waals surface area contributed by atoms with Crippen molar-refractivity contribution in [2.75, 3.05) is 6.61 Å². The monoisotopic (exact) mass is 442 g/mol. The molecule has 0 spiro atoms. The van der Waals surface area contributed by atoms with Crippen molar-refractivity contribution in [3.8, 4) is 0 Å². The first-order valence-electron chi connectivity index (χ1n) is 10.7. The van der Waals surface area contributed by atoms with Gasteiger partial charge in [0, 0.05) is 11.8 Å². The van der Waals surface area contributed by atoms with Gasteiger partial charge in [-0.2, -0.15) is 0 Å². The molecule has 4 rings (SSSR count). The molecule has 0 amide bonds. The van der Waals surface area contributed by atoms with Crippen molar-refractivity contribution in [2.24, 2.45) is 28.6 Å². The van der Waals surface area contributed by atoms with Gasteiger partial charge in [0.05, 0.1) is 6.10 Å². The van der Waals surface area contributed by atoms with E-state index in [4.69, 9.17) is 9.79 Å². The van der Waals surface area contributed by atoms with E-state index in [1.54, 1.807) is 6.08 Å². The van der Waals surface area contributed by atoms with Crippen LogP contribution in [0.2, 0.25) is 0 Å². The van der Waals surface area contributed by atoms with Gasteiger partial charge < -0.3 is 20.0 Å². The van der Waals surface area contributed by atoms with E-state index in [9.17, 15) is 24.4 Å². The Labute approximate surface area is 175 Å². The molecular weight excluding hydrogens is 411 g/mol. The minimum absolute atomic E-state index is 0.00547. The summed E-state index contributed by atoms with van der Waals surface area (Å²) in [4.78, 5) is 42.6. The van der Waals surface area contributed by atoms with E-state index in [2.05, 4.69) is 11.4 Å². The van der Waals surface area contributed by atoms with Gasteiger partial charge in [-0.1, -0.05) is 19.4 Å². The van der Waals surface area contributed by atoms with Crippen LogP contribution in [-0.4, -0.2) is 49.9 Å². The SMILES string of the molecule is C[C@]12CCC(=O)C=C1CC[C@@H]1[C@@H]2[C@H](O)C[C@@]2(C)[C@H]1CC[C@]2(O)C(=O)COP(=O)(O)O. The standard InChI is InChI=1S/C21H31O8P/c1-19-7-5-13(22)9-12(19)3-4-14-15-6-8-21(25,17(24)11-29-30(26,27)28)20(15,2)10-16(23)18(14)19/h9,14-16,18,23,25H,3-8,10-11H2,1-2H3,(H2,26,27,28)/t14-,15-,16+,18+,19-,20-,21-/m0/s1. The number of carbonyl (C=O) groups is 2. The normalized spacial score (nSPS) is 45.9. The van der Waals surface area contributed by atoms with E-state index < -0.39 is 37.3 Å². The number of ketones is 2. The molecule has 0 radical (unpaired) electrons. The van der Waals surface area contributed by atoms with Crippen LogP contribution in [0.3, 0.4) is 0 Å². The molecule has 0 aromatic rings. The number of allylic oxidation sites excluding steroid dienone is 1. The third kappa shape index (κ3) is 3.19. The van der Waals surface area contributed by atoms with E-state index in [0.717, 1.165) is 18.4 Å². The molecule has 0 saturated heterocycles. The Hall–Kier alpha value is -0.890. The van der Waals surface area contributed by atoms with E-state index in [0.29, 0.717) is 19.3 Å².